The fraction of sp³-hybridized carbons (Fsp3) is 0.111. The summed E-state index contributed by atoms with van der Waals surface area (Å²) in [6.45, 7) is 3.59. The molecule has 0 aliphatic rings. The molecule has 37 heavy (non-hydrogen) atoms. The Kier molecular flexibility index (Phi) is 5.97. The molecule has 5 aromatic rings. The summed E-state index contributed by atoms with van der Waals surface area (Å²) in [6.07, 6.45) is 0.160. The van der Waals surface area contributed by atoms with Crippen molar-refractivity contribution >= 4 is 17.2 Å². The maximum absolute atomic E-state index is 13.6. The molecule has 7 nitrogen and oxygen atoms in total. The highest BCUT2D eigenvalue weighted by atomic mass is 19.4. The number of aromatic nitrogens is 5. The molecule has 184 valence electrons. The van der Waals surface area contributed by atoms with Crippen molar-refractivity contribution in [1.82, 2.24) is 24.1 Å². The van der Waals surface area contributed by atoms with Gasteiger partial charge in [0.05, 0.1) is 17.6 Å². The third-order valence-electron chi connectivity index (χ3n) is 5.64. The minimum absolute atomic E-state index is 0.140. The number of pyridine rings is 1. The van der Waals surface area contributed by atoms with Gasteiger partial charge in [-0.05, 0) is 67.8 Å². The van der Waals surface area contributed by atoms with Crippen LogP contribution in [0.1, 0.15) is 38.6 Å². The fourth-order valence-electron chi connectivity index (χ4n) is 3.71. The van der Waals surface area contributed by atoms with E-state index >= 15 is 0 Å². The Labute approximate surface area is 209 Å². The zero-order valence-electron chi connectivity index (χ0n) is 19.7. The summed E-state index contributed by atoms with van der Waals surface area (Å²) in [4.78, 5) is 17.1. The first-order valence-electron chi connectivity index (χ1n) is 11.1. The van der Waals surface area contributed by atoms with Gasteiger partial charge in [0.15, 0.2) is 5.65 Å². The summed E-state index contributed by atoms with van der Waals surface area (Å²) >= 11 is 0. The Bertz CT molecular complexity index is 1700. The largest absolute Gasteiger partial charge is 0.416 e. The first kappa shape index (κ1) is 23.8. The van der Waals surface area contributed by atoms with Crippen LogP contribution in [0.3, 0.4) is 0 Å². The molecule has 2 aromatic carbocycles. The van der Waals surface area contributed by atoms with Gasteiger partial charge in [-0.1, -0.05) is 18.1 Å². The number of nitrogens with one attached hydrogen (secondary N) is 1. The number of hydrogen-bond acceptors (Lipinski definition) is 4. The predicted octanol–water partition coefficient (Wildman–Crippen LogP) is 5.20. The number of rotatable bonds is 3. The van der Waals surface area contributed by atoms with E-state index in [1.807, 2.05) is 25.1 Å². The monoisotopic (exact) mass is 500 g/mol. The maximum atomic E-state index is 13.6. The van der Waals surface area contributed by atoms with Crippen molar-refractivity contribution in [3.8, 4) is 17.5 Å². The normalized spacial score (nSPS) is 11.3. The number of amides is 1. The van der Waals surface area contributed by atoms with Crippen LogP contribution in [-0.4, -0.2) is 30.1 Å². The number of nitrogens with zero attached hydrogens (tertiary/aromatic N) is 5. The van der Waals surface area contributed by atoms with Gasteiger partial charge in [0.25, 0.3) is 5.91 Å². The Morgan fingerprint density at radius 2 is 1.84 bits per heavy atom. The zero-order valence-corrected chi connectivity index (χ0v) is 19.7. The van der Waals surface area contributed by atoms with Crippen molar-refractivity contribution in [2.45, 2.75) is 20.0 Å². The van der Waals surface area contributed by atoms with Gasteiger partial charge in [0.2, 0.25) is 5.82 Å². The average molecular weight is 500 g/mol. The molecule has 0 aliphatic carbocycles. The predicted molar refractivity (Wildman–Crippen MR) is 131 cm³/mol. The van der Waals surface area contributed by atoms with Crippen LogP contribution in [0, 0.1) is 25.7 Å². The van der Waals surface area contributed by atoms with Gasteiger partial charge >= 0.3 is 6.18 Å². The van der Waals surface area contributed by atoms with Crippen molar-refractivity contribution in [2.24, 2.45) is 0 Å². The first-order valence-corrected chi connectivity index (χ1v) is 11.1. The van der Waals surface area contributed by atoms with E-state index in [1.54, 1.807) is 41.9 Å². The quantitative estimate of drug-likeness (QED) is 0.346. The number of benzene rings is 2. The number of hydrogen-bond donors (Lipinski definition) is 1. The smallest absolute Gasteiger partial charge is 0.322 e. The maximum Gasteiger partial charge on any atom is 0.416 e. The van der Waals surface area contributed by atoms with Gasteiger partial charge in [0, 0.05) is 34.9 Å². The molecule has 0 fully saturated rings. The number of fused-ring (bicyclic) bond motifs is 1. The van der Waals surface area contributed by atoms with Gasteiger partial charge in [-0.2, -0.15) is 13.2 Å². The highest BCUT2D eigenvalue weighted by Gasteiger charge is 2.32. The van der Waals surface area contributed by atoms with Crippen LogP contribution >= 0.6 is 0 Å². The molecule has 5 rings (SSSR count). The molecular formula is C27H19F3N6O. The van der Waals surface area contributed by atoms with E-state index < -0.39 is 17.6 Å². The van der Waals surface area contributed by atoms with Crippen LogP contribution in [-0.2, 0) is 6.18 Å². The Morgan fingerprint density at radius 1 is 1.00 bits per heavy atom. The van der Waals surface area contributed by atoms with Crippen molar-refractivity contribution in [2.75, 3.05) is 5.32 Å². The van der Waals surface area contributed by atoms with Crippen LogP contribution in [0.25, 0.3) is 11.3 Å². The molecule has 3 heterocycles. The number of halogens is 3. The van der Waals surface area contributed by atoms with Gasteiger partial charge in [-0.25, -0.2) is 4.98 Å². The van der Waals surface area contributed by atoms with Gasteiger partial charge in [-0.3, -0.25) is 9.20 Å². The standard InChI is InChI=1S/C27H19F3N6O/c1-17-6-8-22(12-19(17)7-9-25-34-33-24-5-3-4-10-36(24)25)32-26(37)20-11-21(27(28,29)30)14-23(13-20)35-15-18(2)31-16-35/h3-6,8,10-16H,1-2H3,(H,32,37). The van der Waals surface area contributed by atoms with Crippen molar-refractivity contribution in [3.63, 3.8) is 0 Å². The average Bonchev–Trinajstić information content (AvgIpc) is 3.49. The Hall–Kier alpha value is -4.91. The number of carbonyl (C=O) groups is 1. The molecule has 0 spiro atoms. The molecule has 0 radical (unpaired) electrons. The third-order valence-corrected chi connectivity index (χ3v) is 5.64. The Balaban J connectivity index is 1.45. The molecule has 0 aliphatic heterocycles. The van der Waals surface area contributed by atoms with Crippen LogP contribution in [0.15, 0.2) is 73.3 Å². The number of aryl methyl sites for hydroxylation is 2. The molecule has 0 atom stereocenters. The molecular weight excluding hydrogens is 481 g/mol. The van der Waals surface area contributed by atoms with E-state index in [0.717, 1.165) is 17.7 Å². The summed E-state index contributed by atoms with van der Waals surface area (Å²) in [5, 5.41) is 10.8. The van der Waals surface area contributed by atoms with E-state index in [1.165, 1.54) is 17.0 Å². The molecule has 1 amide bonds. The van der Waals surface area contributed by atoms with Gasteiger partial charge in [-0.15, -0.1) is 10.2 Å². The molecule has 0 saturated heterocycles. The number of imidazole rings is 1. The molecule has 0 saturated carbocycles. The topological polar surface area (TPSA) is 77.1 Å². The fourth-order valence-corrected chi connectivity index (χ4v) is 3.71. The van der Waals surface area contributed by atoms with E-state index in [4.69, 9.17) is 0 Å². The van der Waals surface area contributed by atoms with E-state index in [0.29, 0.717) is 28.4 Å². The number of anilines is 1. The molecule has 1 N–H and O–H groups in total. The highest BCUT2D eigenvalue weighted by molar-refractivity contribution is 6.04. The molecule has 3 aromatic heterocycles. The summed E-state index contributed by atoms with van der Waals surface area (Å²) < 4.78 is 43.9. The van der Waals surface area contributed by atoms with Crippen molar-refractivity contribution < 1.29 is 18.0 Å². The summed E-state index contributed by atoms with van der Waals surface area (Å²) in [5.74, 6) is 5.79. The second-order valence-corrected chi connectivity index (χ2v) is 8.37. The minimum atomic E-state index is -4.63. The van der Waals surface area contributed by atoms with E-state index in [9.17, 15) is 18.0 Å². The highest BCUT2D eigenvalue weighted by Crippen LogP contribution is 2.32. The van der Waals surface area contributed by atoms with Crippen molar-refractivity contribution in [3.05, 3.63) is 107 Å². The summed E-state index contributed by atoms with van der Waals surface area (Å²) in [7, 11) is 0. The second kappa shape index (κ2) is 9.28. The third kappa shape index (κ3) is 5.06. The number of alkyl halides is 3. The molecule has 0 unspecified atom stereocenters. The summed E-state index contributed by atoms with van der Waals surface area (Å²) in [5.41, 5.74) is 2.28. The molecule has 0 bridgehead atoms. The summed E-state index contributed by atoms with van der Waals surface area (Å²) in [6, 6.07) is 13.8. The first-order chi connectivity index (χ1) is 17.7. The van der Waals surface area contributed by atoms with Gasteiger partial charge in [0.1, 0.15) is 0 Å². The lowest BCUT2D eigenvalue weighted by atomic mass is 10.1. The van der Waals surface area contributed by atoms with Gasteiger partial charge < -0.3 is 9.88 Å². The van der Waals surface area contributed by atoms with Crippen LogP contribution < -0.4 is 5.32 Å². The minimum Gasteiger partial charge on any atom is -0.322 e. The van der Waals surface area contributed by atoms with Crippen LogP contribution in [0.5, 0.6) is 0 Å². The SMILES string of the molecule is Cc1cn(-c2cc(C(=O)Nc3ccc(C)c(C#Cc4nnc5ccccn45)c3)cc(C(F)(F)F)c2)cn1. The lowest BCUT2D eigenvalue weighted by Gasteiger charge is -2.13. The van der Waals surface area contributed by atoms with E-state index in [2.05, 4.69) is 32.3 Å². The Morgan fingerprint density at radius 3 is 2.59 bits per heavy atom. The molecule has 10 heteroatoms. The lowest BCUT2D eigenvalue weighted by molar-refractivity contribution is -0.137. The zero-order chi connectivity index (χ0) is 26.2. The van der Waals surface area contributed by atoms with E-state index in [-0.39, 0.29) is 11.3 Å². The second-order valence-electron chi connectivity index (χ2n) is 8.37. The van der Waals surface area contributed by atoms with Crippen molar-refractivity contribution in [1.29, 1.82) is 0 Å². The van der Waals surface area contributed by atoms with Crippen LogP contribution in [0.4, 0.5) is 18.9 Å². The van der Waals surface area contributed by atoms with Crippen LogP contribution in [0.2, 0.25) is 0 Å². The number of carbonyl (C=O) groups excluding carboxylic acids is 1. The lowest BCUT2D eigenvalue weighted by Crippen LogP contribution is -2.15.